The van der Waals surface area contributed by atoms with Gasteiger partial charge in [-0.25, -0.2) is 18.5 Å². The number of nitrogens with two attached hydrogens (primary N) is 1. The van der Waals surface area contributed by atoms with Gasteiger partial charge < -0.3 is 4.57 Å². The molecule has 21 heavy (non-hydrogen) atoms. The van der Waals surface area contributed by atoms with Gasteiger partial charge in [0.2, 0.25) is 10.0 Å². The van der Waals surface area contributed by atoms with Crippen molar-refractivity contribution >= 4 is 25.9 Å². The quantitative estimate of drug-likeness (QED) is 0.724. The van der Waals surface area contributed by atoms with E-state index in [4.69, 9.17) is 5.14 Å². The van der Waals surface area contributed by atoms with Crippen LogP contribution in [0.25, 0.3) is 0 Å². The second-order valence-corrected chi connectivity index (χ2v) is 7.37. The zero-order chi connectivity index (χ0) is 15.8. The van der Waals surface area contributed by atoms with Gasteiger partial charge in [0.15, 0.2) is 10.8 Å². The molecule has 2 aromatic rings. The summed E-state index contributed by atoms with van der Waals surface area (Å²) < 4.78 is 51.9. The topological polar surface area (TPSA) is 142 Å². The van der Waals surface area contributed by atoms with E-state index in [0.717, 1.165) is 10.9 Å². The highest BCUT2D eigenvalue weighted by Crippen LogP contribution is 2.20. The van der Waals surface area contributed by atoms with E-state index in [2.05, 4.69) is 14.8 Å². The summed E-state index contributed by atoms with van der Waals surface area (Å²) in [5.41, 5.74) is 0. The maximum atomic E-state index is 12.1. The van der Waals surface area contributed by atoms with Crippen molar-refractivity contribution in [3.8, 4) is 0 Å². The zero-order valence-electron chi connectivity index (χ0n) is 11.3. The molecule has 2 aromatic heterocycles. The van der Waals surface area contributed by atoms with Gasteiger partial charge in [-0.05, 0) is 6.92 Å². The van der Waals surface area contributed by atoms with E-state index in [0.29, 0.717) is 6.54 Å². The Bertz CT molecular complexity index is 864. The van der Waals surface area contributed by atoms with Crippen LogP contribution < -0.4 is 9.86 Å². The summed E-state index contributed by atoms with van der Waals surface area (Å²) in [6.07, 6.45) is 3.79. The van der Waals surface area contributed by atoms with Crippen LogP contribution in [0.4, 0.5) is 5.82 Å². The van der Waals surface area contributed by atoms with E-state index < -0.39 is 24.9 Å². The van der Waals surface area contributed by atoms with Crippen LogP contribution in [0.15, 0.2) is 28.6 Å². The first kappa shape index (κ1) is 15.5. The lowest BCUT2D eigenvalue weighted by molar-refractivity contribution is 0.597. The molecule has 0 radical (unpaired) electrons. The predicted molar refractivity (Wildman–Crippen MR) is 73.3 cm³/mol. The molecule has 10 nitrogen and oxygen atoms in total. The van der Waals surface area contributed by atoms with Crippen molar-refractivity contribution < 1.29 is 16.8 Å². The molecule has 0 spiro atoms. The molecule has 3 N–H and O–H groups in total. The smallest absolute Gasteiger partial charge is 0.282 e. The fraction of sp³-hybridized carbons (Fsp3) is 0.333. The van der Waals surface area contributed by atoms with E-state index in [1.165, 1.54) is 19.6 Å². The van der Waals surface area contributed by atoms with Gasteiger partial charge >= 0.3 is 0 Å². The lowest BCUT2D eigenvalue weighted by Gasteiger charge is -2.04. The molecule has 2 rings (SSSR count). The van der Waals surface area contributed by atoms with Crippen LogP contribution in [0, 0.1) is 0 Å². The molecule has 0 bridgehead atoms. The lowest BCUT2D eigenvalue weighted by atomic mass is 10.7. The Labute approximate surface area is 121 Å². The van der Waals surface area contributed by atoms with Gasteiger partial charge in [-0.2, -0.15) is 13.5 Å². The largest absolute Gasteiger partial charge is 0.336 e. The molecule has 0 fully saturated rings. The zero-order valence-corrected chi connectivity index (χ0v) is 12.9. The van der Waals surface area contributed by atoms with Crippen LogP contribution in [0.2, 0.25) is 0 Å². The third-order valence-electron chi connectivity index (χ3n) is 2.58. The Kier molecular flexibility index (Phi) is 3.78. The van der Waals surface area contributed by atoms with Gasteiger partial charge in [-0.15, -0.1) is 0 Å². The maximum absolute atomic E-state index is 12.1. The highest BCUT2D eigenvalue weighted by atomic mass is 32.2. The second-order valence-electron chi connectivity index (χ2n) is 4.21. The molecule has 0 amide bonds. The normalized spacial score (nSPS) is 12.5. The lowest BCUT2D eigenvalue weighted by Crippen LogP contribution is -2.18. The Morgan fingerprint density at radius 3 is 2.48 bits per heavy atom. The van der Waals surface area contributed by atoms with Gasteiger partial charge in [-0.1, -0.05) is 0 Å². The summed E-state index contributed by atoms with van der Waals surface area (Å²) in [6, 6.07) is 0. The van der Waals surface area contributed by atoms with Crippen molar-refractivity contribution in [1.82, 2.24) is 19.3 Å². The van der Waals surface area contributed by atoms with Gasteiger partial charge in [0.1, 0.15) is 4.90 Å². The minimum absolute atomic E-state index is 0.240. The molecule has 0 saturated heterocycles. The Hall–Kier alpha value is -1.92. The van der Waals surface area contributed by atoms with Crippen molar-refractivity contribution in [3.63, 3.8) is 0 Å². The first-order valence-electron chi connectivity index (χ1n) is 5.74. The number of anilines is 1. The summed E-state index contributed by atoms with van der Waals surface area (Å²) in [4.78, 5) is 3.34. The minimum Gasteiger partial charge on any atom is -0.336 e. The fourth-order valence-corrected chi connectivity index (χ4v) is 3.27. The van der Waals surface area contributed by atoms with E-state index in [9.17, 15) is 16.8 Å². The number of aromatic nitrogens is 4. The number of hydrogen-bond donors (Lipinski definition) is 2. The Morgan fingerprint density at radius 2 is 1.95 bits per heavy atom. The monoisotopic (exact) mass is 334 g/mol. The number of sulfonamides is 2. The third kappa shape index (κ3) is 3.22. The summed E-state index contributed by atoms with van der Waals surface area (Å²) in [7, 11) is -6.71. The summed E-state index contributed by atoms with van der Waals surface area (Å²) in [6.45, 7) is 2.37. The molecule has 0 aliphatic rings. The minimum atomic E-state index is -4.10. The first-order valence-corrected chi connectivity index (χ1v) is 8.77. The standard InChI is InChI=1S/C9H14N6O4S2/c1-3-15-5-8(11-6-15)21(18,19)13-9-7(20(10,16)17)4-14(2)12-9/h4-6H,3H2,1-2H3,(H,12,13)(H2,10,16,17). The number of nitrogens with zero attached hydrogens (tertiary/aromatic N) is 4. The van der Waals surface area contributed by atoms with Gasteiger partial charge in [0.05, 0.1) is 6.33 Å². The van der Waals surface area contributed by atoms with Crippen LogP contribution in [-0.2, 0) is 33.6 Å². The van der Waals surface area contributed by atoms with Crippen molar-refractivity contribution in [3.05, 3.63) is 18.7 Å². The number of nitrogens with one attached hydrogen (secondary N) is 1. The molecular weight excluding hydrogens is 320 g/mol. The predicted octanol–water partition coefficient (Wildman–Crippen LogP) is -0.915. The van der Waals surface area contributed by atoms with Crippen LogP contribution in [0.5, 0.6) is 0 Å². The van der Waals surface area contributed by atoms with Crippen molar-refractivity contribution in [2.45, 2.75) is 23.4 Å². The van der Waals surface area contributed by atoms with E-state index in [1.54, 1.807) is 4.57 Å². The number of imidazole rings is 1. The molecular formula is C9H14N6O4S2. The first-order chi connectivity index (χ1) is 9.63. The second kappa shape index (κ2) is 5.13. The van der Waals surface area contributed by atoms with Gasteiger partial charge in [0, 0.05) is 26.0 Å². The Morgan fingerprint density at radius 1 is 1.29 bits per heavy atom. The molecule has 0 aliphatic carbocycles. The highest BCUT2D eigenvalue weighted by molar-refractivity contribution is 7.93. The van der Waals surface area contributed by atoms with Crippen LogP contribution in [0.3, 0.4) is 0 Å². The molecule has 0 atom stereocenters. The number of hydrogen-bond acceptors (Lipinski definition) is 6. The SMILES string of the molecule is CCn1cnc(S(=O)(=O)Nc2nn(C)cc2S(N)(=O)=O)c1. The highest BCUT2D eigenvalue weighted by Gasteiger charge is 2.25. The average Bonchev–Trinajstić information content (AvgIpc) is 2.94. The number of primary sulfonamides is 1. The molecule has 0 unspecified atom stereocenters. The summed E-state index contributed by atoms with van der Waals surface area (Å²) in [5, 5.41) is 8.53. The molecule has 0 saturated carbocycles. The summed E-state index contributed by atoms with van der Waals surface area (Å²) >= 11 is 0. The molecule has 116 valence electrons. The van der Waals surface area contributed by atoms with E-state index in [1.807, 2.05) is 6.92 Å². The Balaban J connectivity index is 2.42. The van der Waals surface area contributed by atoms with Crippen LogP contribution >= 0.6 is 0 Å². The fourth-order valence-electron chi connectivity index (χ4n) is 1.58. The molecule has 0 aromatic carbocycles. The van der Waals surface area contributed by atoms with Crippen molar-refractivity contribution in [1.29, 1.82) is 0 Å². The van der Waals surface area contributed by atoms with Crippen LogP contribution in [0.1, 0.15) is 6.92 Å². The summed E-state index contributed by atoms with van der Waals surface area (Å²) in [5.74, 6) is -0.369. The average molecular weight is 334 g/mol. The van der Waals surface area contributed by atoms with Gasteiger partial charge in [0.25, 0.3) is 10.0 Å². The van der Waals surface area contributed by atoms with E-state index >= 15 is 0 Å². The van der Waals surface area contributed by atoms with E-state index in [-0.39, 0.29) is 10.8 Å². The molecule has 12 heteroatoms. The third-order valence-corrected chi connectivity index (χ3v) is 4.72. The van der Waals surface area contributed by atoms with Crippen molar-refractivity contribution in [2.75, 3.05) is 4.72 Å². The van der Waals surface area contributed by atoms with Crippen molar-refractivity contribution in [2.24, 2.45) is 12.2 Å². The number of rotatable bonds is 5. The number of aryl methyl sites for hydroxylation is 2. The van der Waals surface area contributed by atoms with Gasteiger partial charge in [-0.3, -0.25) is 9.40 Å². The molecule has 2 heterocycles. The molecule has 0 aliphatic heterocycles. The maximum Gasteiger partial charge on any atom is 0.282 e. The van der Waals surface area contributed by atoms with Crippen LogP contribution in [-0.4, -0.2) is 36.2 Å².